The minimum absolute atomic E-state index is 0.0579. The van der Waals surface area contributed by atoms with Gasteiger partial charge in [0.25, 0.3) is 0 Å². The number of carbonyl (C=O) groups is 3. The Bertz CT molecular complexity index is 374. The average Bonchev–Trinajstić information content (AvgIpc) is 2.09. The van der Waals surface area contributed by atoms with E-state index >= 15 is 0 Å². The van der Waals surface area contributed by atoms with Gasteiger partial charge in [-0.2, -0.15) is 0 Å². The number of aliphatic carboxylic acids is 1. The Labute approximate surface area is 80.9 Å². The maximum absolute atomic E-state index is 11.5. The van der Waals surface area contributed by atoms with E-state index in [0.29, 0.717) is 5.57 Å². The first-order valence-electron chi connectivity index (χ1n) is 4.15. The smallest absolute Gasteiger partial charge is 0.310 e. The van der Waals surface area contributed by atoms with E-state index < -0.39 is 11.9 Å². The first kappa shape index (κ1) is 10.4. The molecule has 0 aromatic rings. The zero-order valence-corrected chi connectivity index (χ0v) is 7.90. The van der Waals surface area contributed by atoms with E-state index in [-0.39, 0.29) is 17.1 Å². The van der Waals surface area contributed by atoms with E-state index in [1.54, 1.807) is 0 Å². The van der Waals surface area contributed by atoms with Crippen LogP contribution in [0.15, 0.2) is 23.3 Å². The fourth-order valence-electron chi connectivity index (χ4n) is 1.22. The lowest BCUT2D eigenvalue weighted by Crippen LogP contribution is -2.22. The zero-order chi connectivity index (χ0) is 10.9. The van der Waals surface area contributed by atoms with E-state index in [2.05, 4.69) is 0 Å². The number of Topliss-reactive ketones (excluding diaryl/α,β-unsaturated/α-hetero) is 1. The van der Waals surface area contributed by atoms with Crippen LogP contribution in [0.4, 0.5) is 0 Å². The molecular formula is C10H10O4. The molecule has 0 aromatic carbocycles. The van der Waals surface area contributed by atoms with Gasteiger partial charge in [-0.05, 0) is 26.0 Å². The molecule has 0 amide bonds. The molecule has 0 saturated carbocycles. The number of carboxylic acids is 1. The highest BCUT2D eigenvalue weighted by molar-refractivity contribution is 6.21. The SMILES string of the molecule is CC1=CC(=O)C=C([C@@H](C)C(=O)O)C1=O. The van der Waals surface area contributed by atoms with Crippen LogP contribution in [0.3, 0.4) is 0 Å². The summed E-state index contributed by atoms with van der Waals surface area (Å²) in [6.07, 6.45) is 2.30. The molecule has 1 aliphatic rings. The highest BCUT2D eigenvalue weighted by Crippen LogP contribution is 2.20. The second-order valence-electron chi connectivity index (χ2n) is 3.22. The fraction of sp³-hybridized carbons (Fsp3) is 0.300. The van der Waals surface area contributed by atoms with Gasteiger partial charge in [0, 0.05) is 11.1 Å². The molecule has 1 aliphatic carbocycles. The maximum atomic E-state index is 11.5. The summed E-state index contributed by atoms with van der Waals surface area (Å²) in [5, 5.41) is 8.70. The first-order chi connectivity index (χ1) is 6.43. The number of carbonyl (C=O) groups excluding carboxylic acids is 2. The van der Waals surface area contributed by atoms with Crippen molar-refractivity contribution in [1.29, 1.82) is 0 Å². The van der Waals surface area contributed by atoms with Crippen molar-refractivity contribution in [3.05, 3.63) is 23.3 Å². The largest absolute Gasteiger partial charge is 0.481 e. The summed E-state index contributed by atoms with van der Waals surface area (Å²) in [5.41, 5.74) is 0.350. The lowest BCUT2D eigenvalue weighted by atomic mass is 9.88. The average molecular weight is 194 g/mol. The van der Waals surface area contributed by atoms with Crippen LogP contribution >= 0.6 is 0 Å². The van der Waals surface area contributed by atoms with Gasteiger partial charge in [0.2, 0.25) is 0 Å². The predicted octanol–water partition coefficient (Wildman–Crippen LogP) is 0.732. The number of allylic oxidation sites excluding steroid dienone is 3. The lowest BCUT2D eigenvalue weighted by molar-refractivity contribution is -0.140. The van der Waals surface area contributed by atoms with E-state index in [0.717, 1.165) is 6.08 Å². The van der Waals surface area contributed by atoms with Crippen molar-refractivity contribution in [3.8, 4) is 0 Å². The van der Waals surface area contributed by atoms with Gasteiger partial charge in [-0.3, -0.25) is 14.4 Å². The van der Waals surface area contributed by atoms with Gasteiger partial charge in [-0.1, -0.05) is 0 Å². The van der Waals surface area contributed by atoms with Crippen molar-refractivity contribution in [3.63, 3.8) is 0 Å². The Morgan fingerprint density at radius 2 is 1.93 bits per heavy atom. The zero-order valence-electron chi connectivity index (χ0n) is 7.90. The minimum Gasteiger partial charge on any atom is -0.481 e. The third-order valence-corrected chi connectivity index (χ3v) is 2.11. The third kappa shape index (κ3) is 1.79. The summed E-state index contributed by atoms with van der Waals surface area (Å²) >= 11 is 0. The van der Waals surface area contributed by atoms with Crippen LogP contribution in [0.1, 0.15) is 13.8 Å². The van der Waals surface area contributed by atoms with Gasteiger partial charge in [0.15, 0.2) is 11.6 Å². The molecule has 0 aliphatic heterocycles. The second kappa shape index (κ2) is 3.57. The molecule has 0 unspecified atom stereocenters. The molecule has 4 heteroatoms. The van der Waals surface area contributed by atoms with Crippen molar-refractivity contribution in [2.24, 2.45) is 5.92 Å². The number of hydrogen-bond acceptors (Lipinski definition) is 3. The summed E-state index contributed by atoms with van der Waals surface area (Å²) in [5.74, 6) is -2.73. The van der Waals surface area contributed by atoms with Crippen LogP contribution < -0.4 is 0 Å². The lowest BCUT2D eigenvalue weighted by Gasteiger charge is -2.13. The summed E-state index contributed by atoms with van der Waals surface area (Å²) in [4.78, 5) is 33.2. The van der Waals surface area contributed by atoms with Crippen molar-refractivity contribution >= 4 is 17.5 Å². The molecule has 14 heavy (non-hydrogen) atoms. The number of ketones is 2. The van der Waals surface area contributed by atoms with E-state index in [4.69, 9.17) is 5.11 Å². The summed E-state index contributed by atoms with van der Waals surface area (Å²) in [6.45, 7) is 2.89. The second-order valence-corrected chi connectivity index (χ2v) is 3.22. The van der Waals surface area contributed by atoms with Gasteiger partial charge in [-0.25, -0.2) is 0 Å². The number of hydrogen-bond donors (Lipinski definition) is 1. The molecule has 1 atom stereocenters. The van der Waals surface area contributed by atoms with Crippen LogP contribution in [-0.2, 0) is 14.4 Å². The summed E-state index contributed by atoms with van der Waals surface area (Å²) in [6, 6.07) is 0. The van der Waals surface area contributed by atoms with E-state index in [1.807, 2.05) is 0 Å². The van der Waals surface area contributed by atoms with Crippen molar-refractivity contribution < 1.29 is 19.5 Å². The molecule has 74 valence electrons. The molecule has 4 nitrogen and oxygen atoms in total. The number of carboxylic acid groups (broad SMARTS) is 1. The fourth-order valence-corrected chi connectivity index (χ4v) is 1.22. The van der Waals surface area contributed by atoms with E-state index in [9.17, 15) is 14.4 Å². The summed E-state index contributed by atoms with van der Waals surface area (Å²) < 4.78 is 0. The number of rotatable bonds is 2. The molecule has 1 rings (SSSR count). The van der Waals surface area contributed by atoms with Gasteiger partial charge in [-0.15, -0.1) is 0 Å². The Morgan fingerprint density at radius 1 is 1.36 bits per heavy atom. The standard InChI is InChI=1S/C10H10O4/c1-5-3-7(11)4-8(9(5)12)6(2)10(13)14/h3-4,6H,1-2H3,(H,13,14)/t6-/m1/s1. The Hall–Kier alpha value is -1.71. The highest BCUT2D eigenvalue weighted by atomic mass is 16.4. The molecule has 0 fully saturated rings. The van der Waals surface area contributed by atoms with Crippen LogP contribution in [-0.4, -0.2) is 22.6 Å². The predicted molar refractivity (Wildman–Crippen MR) is 48.7 cm³/mol. The van der Waals surface area contributed by atoms with Crippen LogP contribution in [0.5, 0.6) is 0 Å². The highest BCUT2D eigenvalue weighted by Gasteiger charge is 2.27. The van der Waals surface area contributed by atoms with Crippen LogP contribution in [0.25, 0.3) is 0 Å². The summed E-state index contributed by atoms with van der Waals surface area (Å²) in [7, 11) is 0. The van der Waals surface area contributed by atoms with Crippen LogP contribution in [0.2, 0.25) is 0 Å². The molecule has 0 aromatic heterocycles. The van der Waals surface area contributed by atoms with Gasteiger partial charge in [0.1, 0.15) is 0 Å². The molecule has 1 N–H and O–H groups in total. The van der Waals surface area contributed by atoms with Gasteiger partial charge >= 0.3 is 5.97 Å². The third-order valence-electron chi connectivity index (χ3n) is 2.11. The monoisotopic (exact) mass is 194 g/mol. The first-order valence-corrected chi connectivity index (χ1v) is 4.15. The normalized spacial score (nSPS) is 18.7. The Morgan fingerprint density at radius 3 is 2.43 bits per heavy atom. The Kier molecular flexibility index (Phi) is 2.65. The van der Waals surface area contributed by atoms with Crippen molar-refractivity contribution in [1.82, 2.24) is 0 Å². The molecule has 0 heterocycles. The van der Waals surface area contributed by atoms with Crippen molar-refractivity contribution in [2.75, 3.05) is 0 Å². The van der Waals surface area contributed by atoms with Crippen LogP contribution in [0, 0.1) is 5.92 Å². The quantitative estimate of drug-likeness (QED) is 0.658. The molecular weight excluding hydrogens is 184 g/mol. The molecule has 0 saturated heterocycles. The van der Waals surface area contributed by atoms with Gasteiger partial charge < -0.3 is 5.11 Å². The Balaban J connectivity index is 3.06. The minimum atomic E-state index is -1.10. The molecule has 0 bridgehead atoms. The van der Waals surface area contributed by atoms with Gasteiger partial charge in [0.05, 0.1) is 5.92 Å². The topological polar surface area (TPSA) is 71.4 Å². The van der Waals surface area contributed by atoms with E-state index in [1.165, 1.54) is 19.9 Å². The van der Waals surface area contributed by atoms with Crippen molar-refractivity contribution in [2.45, 2.75) is 13.8 Å². The maximum Gasteiger partial charge on any atom is 0.310 e. The molecule has 0 radical (unpaired) electrons. The molecule has 0 spiro atoms.